The second-order valence-corrected chi connectivity index (χ2v) is 4.26. The van der Waals surface area contributed by atoms with Gasteiger partial charge in [0.2, 0.25) is 0 Å². The Labute approximate surface area is 112 Å². The Kier molecular flexibility index (Phi) is 4.23. The summed E-state index contributed by atoms with van der Waals surface area (Å²) in [5.41, 5.74) is 1.15. The summed E-state index contributed by atoms with van der Waals surface area (Å²) in [7, 11) is 1.64. The summed E-state index contributed by atoms with van der Waals surface area (Å²) in [5, 5.41) is 2.83. The number of aryl methyl sites for hydroxylation is 1. The van der Waals surface area contributed by atoms with Crippen LogP contribution in [0, 0.1) is 6.92 Å². The average molecular weight is 259 g/mol. The molecular weight excluding hydrogens is 242 g/mol. The van der Waals surface area contributed by atoms with E-state index >= 15 is 0 Å². The molecule has 4 nitrogen and oxygen atoms in total. The molecule has 0 aliphatic carbocycles. The number of ether oxygens (including phenoxy) is 1. The molecule has 2 rings (SSSR count). The summed E-state index contributed by atoms with van der Waals surface area (Å²) in [5.74, 6) is 1.74. The first kappa shape index (κ1) is 13.2. The highest BCUT2D eigenvalue weighted by molar-refractivity contribution is 5.91. The van der Waals surface area contributed by atoms with Gasteiger partial charge in [0.1, 0.15) is 11.5 Å². The zero-order chi connectivity index (χ0) is 13.7. The molecule has 1 aromatic heterocycles. The van der Waals surface area contributed by atoms with Gasteiger partial charge in [-0.05, 0) is 43.2 Å². The third-order valence-corrected chi connectivity index (χ3v) is 2.82. The minimum absolute atomic E-state index is 0.179. The molecule has 0 aliphatic rings. The molecule has 1 aromatic carbocycles. The molecule has 100 valence electrons. The van der Waals surface area contributed by atoms with Crippen LogP contribution in [0.25, 0.3) is 0 Å². The maximum atomic E-state index is 11.7. The van der Waals surface area contributed by atoms with Gasteiger partial charge in [0.05, 0.1) is 7.11 Å². The van der Waals surface area contributed by atoms with Gasteiger partial charge in [0, 0.05) is 6.54 Å². The predicted octanol–water partition coefficient (Wildman–Crippen LogP) is 2.57. The fourth-order valence-corrected chi connectivity index (χ4v) is 1.76. The van der Waals surface area contributed by atoms with Gasteiger partial charge in [-0.1, -0.05) is 12.1 Å². The summed E-state index contributed by atoms with van der Waals surface area (Å²) in [6, 6.07) is 11.3. The van der Waals surface area contributed by atoms with E-state index in [1.165, 1.54) is 0 Å². The molecule has 0 bridgehead atoms. The lowest BCUT2D eigenvalue weighted by atomic mass is 10.1. The van der Waals surface area contributed by atoms with Crippen LogP contribution in [-0.2, 0) is 6.42 Å². The lowest BCUT2D eigenvalue weighted by Gasteiger charge is -2.05. The predicted molar refractivity (Wildman–Crippen MR) is 72.5 cm³/mol. The third kappa shape index (κ3) is 3.61. The number of methoxy groups -OCH3 is 1. The van der Waals surface area contributed by atoms with Gasteiger partial charge in [0.15, 0.2) is 5.76 Å². The highest BCUT2D eigenvalue weighted by Crippen LogP contribution is 2.11. The highest BCUT2D eigenvalue weighted by atomic mass is 16.5. The van der Waals surface area contributed by atoms with Crippen LogP contribution in [0.4, 0.5) is 0 Å². The lowest BCUT2D eigenvalue weighted by molar-refractivity contribution is 0.0925. The summed E-state index contributed by atoms with van der Waals surface area (Å²) < 4.78 is 10.3. The average Bonchev–Trinajstić information content (AvgIpc) is 2.86. The Balaban J connectivity index is 1.81. The van der Waals surface area contributed by atoms with Crippen LogP contribution in [0.5, 0.6) is 5.75 Å². The third-order valence-electron chi connectivity index (χ3n) is 2.82. The minimum atomic E-state index is -0.179. The Morgan fingerprint density at radius 2 is 1.95 bits per heavy atom. The van der Waals surface area contributed by atoms with Gasteiger partial charge in [-0.3, -0.25) is 4.79 Å². The highest BCUT2D eigenvalue weighted by Gasteiger charge is 2.08. The second kappa shape index (κ2) is 6.09. The molecule has 0 unspecified atom stereocenters. The molecule has 0 saturated carbocycles. The van der Waals surface area contributed by atoms with Crippen LogP contribution in [0.15, 0.2) is 40.8 Å². The molecule has 0 aliphatic heterocycles. The fraction of sp³-hybridized carbons (Fsp3) is 0.267. The zero-order valence-corrected chi connectivity index (χ0v) is 11.1. The zero-order valence-electron chi connectivity index (χ0n) is 11.1. The maximum Gasteiger partial charge on any atom is 0.287 e. The smallest absolute Gasteiger partial charge is 0.287 e. The van der Waals surface area contributed by atoms with Gasteiger partial charge in [-0.2, -0.15) is 0 Å². The Morgan fingerprint density at radius 3 is 2.53 bits per heavy atom. The number of amides is 1. The van der Waals surface area contributed by atoms with Crippen LogP contribution in [0.1, 0.15) is 21.9 Å². The molecule has 0 fully saturated rings. The van der Waals surface area contributed by atoms with Gasteiger partial charge >= 0.3 is 0 Å². The van der Waals surface area contributed by atoms with Crippen molar-refractivity contribution < 1.29 is 13.9 Å². The number of benzene rings is 1. The number of carbonyl (C=O) groups is 1. The van der Waals surface area contributed by atoms with Gasteiger partial charge < -0.3 is 14.5 Å². The quantitative estimate of drug-likeness (QED) is 0.897. The van der Waals surface area contributed by atoms with Crippen molar-refractivity contribution in [3.8, 4) is 5.75 Å². The van der Waals surface area contributed by atoms with Gasteiger partial charge in [0.25, 0.3) is 5.91 Å². The number of rotatable bonds is 5. The Morgan fingerprint density at radius 1 is 1.21 bits per heavy atom. The molecular formula is C15H17NO3. The topological polar surface area (TPSA) is 51.5 Å². The molecule has 0 atom stereocenters. The molecule has 2 aromatic rings. The Hall–Kier alpha value is -2.23. The van der Waals surface area contributed by atoms with E-state index in [2.05, 4.69) is 5.32 Å². The van der Waals surface area contributed by atoms with E-state index < -0.39 is 0 Å². The van der Waals surface area contributed by atoms with E-state index in [1.54, 1.807) is 19.2 Å². The van der Waals surface area contributed by atoms with Gasteiger partial charge in [-0.15, -0.1) is 0 Å². The van der Waals surface area contributed by atoms with E-state index in [4.69, 9.17) is 9.15 Å². The van der Waals surface area contributed by atoms with Crippen molar-refractivity contribution in [2.24, 2.45) is 0 Å². The monoisotopic (exact) mass is 259 g/mol. The van der Waals surface area contributed by atoms with Crippen LogP contribution < -0.4 is 10.1 Å². The van der Waals surface area contributed by atoms with Gasteiger partial charge in [-0.25, -0.2) is 0 Å². The van der Waals surface area contributed by atoms with E-state index in [0.29, 0.717) is 12.3 Å². The molecule has 1 amide bonds. The largest absolute Gasteiger partial charge is 0.497 e. The second-order valence-electron chi connectivity index (χ2n) is 4.26. The van der Waals surface area contributed by atoms with Crippen LogP contribution in [0.3, 0.4) is 0 Å². The number of carbonyl (C=O) groups excluding carboxylic acids is 1. The summed E-state index contributed by atoms with van der Waals surface area (Å²) in [4.78, 5) is 11.7. The first-order valence-electron chi connectivity index (χ1n) is 6.16. The number of furan rings is 1. The van der Waals surface area contributed by atoms with E-state index in [9.17, 15) is 4.79 Å². The van der Waals surface area contributed by atoms with E-state index in [0.717, 1.165) is 23.5 Å². The van der Waals surface area contributed by atoms with Crippen LogP contribution in [-0.4, -0.2) is 19.6 Å². The number of hydrogen-bond acceptors (Lipinski definition) is 3. The molecule has 19 heavy (non-hydrogen) atoms. The molecule has 0 spiro atoms. The first-order valence-corrected chi connectivity index (χ1v) is 6.16. The number of hydrogen-bond donors (Lipinski definition) is 1. The summed E-state index contributed by atoms with van der Waals surface area (Å²) in [6.45, 7) is 2.39. The van der Waals surface area contributed by atoms with E-state index in [1.807, 2.05) is 31.2 Å². The maximum absolute atomic E-state index is 11.7. The minimum Gasteiger partial charge on any atom is -0.497 e. The van der Waals surface area contributed by atoms with Crippen molar-refractivity contribution >= 4 is 5.91 Å². The van der Waals surface area contributed by atoms with Crippen molar-refractivity contribution in [3.63, 3.8) is 0 Å². The SMILES string of the molecule is COc1ccc(CCNC(=O)c2ccc(C)o2)cc1. The number of nitrogens with one attached hydrogen (secondary N) is 1. The molecule has 4 heteroatoms. The molecule has 0 saturated heterocycles. The fourth-order valence-electron chi connectivity index (χ4n) is 1.76. The first-order chi connectivity index (χ1) is 9.19. The van der Waals surface area contributed by atoms with E-state index in [-0.39, 0.29) is 5.91 Å². The lowest BCUT2D eigenvalue weighted by Crippen LogP contribution is -2.25. The molecule has 0 radical (unpaired) electrons. The summed E-state index contributed by atoms with van der Waals surface area (Å²) in [6.07, 6.45) is 0.773. The normalized spacial score (nSPS) is 10.2. The van der Waals surface area contributed by atoms with Crippen molar-refractivity contribution in [1.82, 2.24) is 5.32 Å². The van der Waals surface area contributed by atoms with Crippen LogP contribution in [0.2, 0.25) is 0 Å². The Bertz CT molecular complexity index is 543. The van der Waals surface area contributed by atoms with Crippen molar-refractivity contribution in [3.05, 3.63) is 53.5 Å². The molecule has 1 heterocycles. The van der Waals surface area contributed by atoms with Crippen LogP contribution >= 0.6 is 0 Å². The summed E-state index contributed by atoms with van der Waals surface area (Å²) >= 11 is 0. The van der Waals surface area contributed by atoms with Crippen molar-refractivity contribution in [2.45, 2.75) is 13.3 Å². The van der Waals surface area contributed by atoms with Crippen molar-refractivity contribution in [2.75, 3.05) is 13.7 Å². The molecule has 1 N–H and O–H groups in total. The standard InChI is InChI=1S/C15H17NO3/c1-11-3-8-14(19-11)15(17)16-10-9-12-4-6-13(18-2)7-5-12/h3-8H,9-10H2,1-2H3,(H,16,17). The van der Waals surface area contributed by atoms with Crippen molar-refractivity contribution in [1.29, 1.82) is 0 Å².